The van der Waals surface area contributed by atoms with E-state index in [1.54, 1.807) is 20.8 Å². The van der Waals surface area contributed by atoms with E-state index in [4.69, 9.17) is 4.74 Å². The number of carbonyl (C=O) groups is 1. The zero-order valence-electron chi connectivity index (χ0n) is 14.1. The first-order valence-electron chi connectivity index (χ1n) is 7.11. The number of amides is 1. The maximum absolute atomic E-state index is 12.2. The SMILES string of the molecule is CN1CC(CN(C(=O)OC(C)(C)C)S(C)(=O)=O)C(C)(C)C1. The molecule has 0 aromatic rings. The van der Waals surface area contributed by atoms with Gasteiger partial charge in [0.1, 0.15) is 5.60 Å². The van der Waals surface area contributed by atoms with Gasteiger partial charge < -0.3 is 9.64 Å². The minimum absolute atomic E-state index is 0.0420. The molecule has 1 saturated heterocycles. The summed E-state index contributed by atoms with van der Waals surface area (Å²) in [6.45, 7) is 11.2. The standard InChI is InChI=1S/C14H28N2O4S/c1-13(2,3)20-12(17)16(21(7,18)19)9-11-8-15(6)10-14(11,4)5/h11H,8-10H2,1-7H3. The van der Waals surface area contributed by atoms with Gasteiger partial charge in [0.05, 0.1) is 6.26 Å². The number of hydrogen-bond acceptors (Lipinski definition) is 5. The van der Waals surface area contributed by atoms with Gasteiger partial charge in [0.2, 0.25) is 10.0 Å². The van der Waals surface area contributed by atoms with Crippen LogP contribution in [0.25, 0.3) is 0 Å². The van der Waals surface area contributed by atoms with Crippen LogP contribution < -0.4 is 0 Å². The third-order valence-corrected chi connectivity index (χ3v) is 4.80. The second-order valence-electron chi connectivity index (χ2n) is 7.66. The highest BCUT2D eigenvalue weighted by Gasteiger charge is 2.41. The van der Waals surface area contributed by atoms with Crippen LogP contribution in [0.3, 0.4) is 0 Å². The van der Waals surface area contributed by atoms with Crippen molar-refractivity contribution < 1.29 is 17.9 Å². The van der Waals surface area contributed by atoms with Crippen molar-refractivity contribution in [2.45, 2.75) is 40.2 Å². The van der Waals surface area contributed by atoms with E-state index in [0.717, 1.165) is 23.7 Å². The van der Waals surface area contributed by atoms with Gasteiger partial charge in [-0.1, -0.05) is 13.8 Å². The molecule has 0 radical (unpaired) electrons. The van der Waals surface area contributed by atoms with Crippen molar-refractivity contribution in [3.63, 3.8) is 0 Å². The molecular weight excluding hydrogens is 292 g/mol. The van der Waals surface area contributed by atoms with Crippen molar-refractivity contribution in [3.05, 3.63) is 0 Å². The summed E-state index contributed by atoms with van der Waals surface area (Å²) in [6.07, 6.45) is 0.248. The van der Waals surface area contributed by atoms with Gasteiger partial charge in [-0.05, 0) is 39.2 Å². The first-order valence-corrected chi connectivity index (χ1v) is 8.96. The fourth-order valence-corrected chi connectivity index (χ4v) is 3.43. The lowest BCUT2D eigenvalue weighted by molar-refractivity contribution is 0.0358. The van der Waals surface area contributed by atoms with Crippen LogP contribution in [0.2, 0.25) is 0 Å². The van der Waals surface area contributed by atoms with Crippen LogP contribution in [0.15, 0.2) is 0 Å². The zero-order chi connectivity index (χ0) is 16.6. The van der Waals surface area contributed by atoms with Crippen LogP contribution in [0.4, 0.5) is 4.79 Å². The molecule has 0 N–H and O–H groups in total. The van der Waals surface area contributed by atoms with Gasteiger partial charge in [0.15, 0.2) is 0 Å². The second-order valence-corrected chi connectivity index (χ2v) is 9.56. The average Bonchev–Trinajstić information content (AvgIpc) is 2.42. The molecule has 1 aliphatic heterocycles. The van der Waals surface area contributed by atoms with E-state index in [1.807, 2.05) is 7.05 Å². The summed E-state index contributed by atoms with van der Waals surface area (Å²) in [6, 6.07) is 0. The number of nitrogens with zero attached hydrogens (tertiary/aromatic N) is 2. The summed E-state index contributed by atoms with van der Waals surface area (Å²) >= 11 is 0. The third kappa shape index (κ3) is 5.14. The Morgan fingerprint density at radius 1 is 1.38 bits per heavy atom. The van der Waals surface area contributed by atoms with E-state index < -0.39 is 21.7 Å². The molecule has 1 unspecified atom stereocenters. The lowest BCUT2D eigenvalue weighted by Gasteiger charge is -2.31. The van der Waals surface area contributed by atoms with Crippen molar-refractivity contribution in [2.75, 3.05) is 32.9 Å². The van der Waals surface area contributed by atoms with E-state index in [1.165, 1.54) is 0 Å². The molecule has 1 heterocycles. The van der Waals surface area contributed by atoms with Crippen molar-refractivity contribution >= 4 is 16.1 Å². The molecule has 7 heteroatoms. The number of hydrogen-bond donors (Lipinski definition) is 0. The molecule has 1 amide bonds. The monoisotopic (exact) mass is 320 g/mol. The lowest BCUT2D eigenvalue weighted by atomic mass is 9.82. The molecule has 0 aromatic carbocycles. The summed E-state index contributed by atoms with van der Waals surface area (Å²) < 4.78 is 30.0. The molecule has 6 nitrogen and oxygen atoms in total. The minimum atomic E-state index is -3.65. The largest absolute Gasteiger partial charge is 0.443 e. The highest BCUT2D eigenvalue weighted by molar-refractivity contribution is 7.88. The van der Waals surface area contributed by atoms with E-state index >= 15 is 0 Å². The van der Waals surface area contributed by atoms with E-state index in [0.29, 0.717) is 0 Å². The quantitative estimate of drug-likeness (QED) is 0.793. The minimum Gasteiger partial charge on any atom is -0.443 e. The van der Waals surface area contributed by atoms with Gasteiger partial charge in [-0.2, -0.15) is 0 Å². The lowest BCUT2D eigenvalue weighted by Crippen LogP contribution is -2.45. The molecular formula is C14H28N2O4S. The summed E-state index contributed by atoms with van der Waals surface area (Å²) in [5.41, 5.74) is -0.762. The number of likely N-dealkylation sites (tertiary alicyclic amines) is 1. The molecule has 0 aliphatic carbocycles. The fraction of sp³-hybridized carbons (Fsp3) is 0.929. The van der Waals surface area contributed by atoms with E-state index in [2.05, 4.69) is 18.7 Å². The summed E-state index contributed by atoms with van der Waals surface area (Å²) in [4.78, 5) is 14.3. The van der Waals surface area contributed by atoms with Gasteiger partial charge in [-0.3, -0.25) is 0 Å². The van der Waals surface area contributed by atoms with Crippen molar-refractivity contribution in [1.29, 1.82) is 0 Å². The molecule has 0 spiro atoms. The molecule has 1 atom stereocenters. The van der Waals surface area contributed by atoms with Gasteiger partial charge in [0.25, 0.3) is 0 Å². The highest BCUT2D eigenvalue weighted by atomic mass is 32.2. The van der Waals surface area contributed by atoms with Crippen LogP contribution in [0.1, 0.15) is 34.6 Å². The molecule has 1 rings (SSSR count). The Hall–Kier alpha value is -0.820. The van der Waals surface area contributed by atoms with Gasteiger partial charge in [-0.15, -0.1) is 0 Å². The summed E-state index contributed by atoms with van der Waals surface area (Å²) in [7, 11) is -1.65. The van der Waals surface area contributed by atoms with Crippen LogP contribution in [0, 0.1) is 11.3 Å². The first-order chi connectivity index (χ1) is 9.22. The highest BCUT2D eigenvalue weighted by Crippen LogP contribution is 2.35. The van der Waals surface area contributed by atoms with E-state index in [-0.39, 0.29) is 17.9 Å². The predicted molar refractivity (Wildman–Crippen MR) is 82.6 cm³/mol. The maximum Gasteiger partial charge on any atom is 0.424 e. The van der Waals surface area contributed by atoms with Crippen molar-refractivity contribution in [1.82, 2.24) is 9.21 Å². The van der Waals surface area contributed by atoms with Gasteiger partial charge in [0, 0.05) is 19.6 Å². The molecule has 1 fully saturated rings. The predicted octanol–water partition coefficient (Wildman–Crippen LogP) is 1.77. The zero-order valence-corrected chi connectivity index (χ0v) is 15.0. The average molecular weight is 320 g/mol. The Balaban J connectivity index is 2.93. The maximum atomic E-state index is 12.2. The van der Waals surface area contributed by atoms with Crippen LogP contribution in [-0.4, -0.2) is 62.3 Å². The third-order valence-electron chi connectivity index (χ3n) is 3.70. The summed E-state index contributed by atoms with van der Waals surface area (Å²) in [5, 5.41) is 0. The van der Waals surface area contributed by atoms with Gasteiger partial charge >= 0.3 is 6.09 Å². The number of ether oxygens (including phenoxy) is 1. The van der Waals surface area contributed by atoms with Crippen molar-refractivity contribution in [2.24, 2.45) is 11.3 Å². The smallest absolute Gasteiger partial charge is 0.424 e. The Labute approximate surface area is 128 Å². The number of carbonyl (C=O) groups excluding carboxylic acids is 1. The molecule has 1 aliphatic rings. The summed E-state index contributed by atoms with van der Waals surface area (Å²) in [5.74, 6) is 0.0877. The Morgan fingerprint density at radius 3 is 2.24 bits per heavy atom. The normalized spacial score (nSPS) is 23.1. The van der Waals surface area contributed by atoms with E-state index in [9.17, 15) is 13.2 Å². The molecule has 21 heavy (non-hydrogen) atoms. The second kappa shape index (κ2) is 5.76. The Kier molecular flexibility index (Phi) is 5.00. The fourth-order valence-electron chi connectivity index (χ4n) is 2.68. The number of rotatable bonds is 3. The number of sulfonamides is 1. The van der Waals surface area contributed by atoms with Gasteiger partial charge in [-0.25, -0.2) is 17.5 Å². The van der Waals surface area contributed by atoms with Crippen LogP contribution in [-0.2, 0) is 14.8 Å². The molecule has 0 saturated carbocycles. The van der Waals surface area contributed by atoms with Crippen LogP contribution in [0.5, 0.6) is 0 Å². The topological polar surface area (TPSA) is 66.9 Å². The molecule has 0 bridgehead atoms. The Bertz CT molecular complexity index is 494. The van der Waals surface area contributed by atoms with Crippen LogP contribution >= 0.6 is 0 Å². The molecule has 0 aromatic heterocycles. The van der Waals surface area contributed by atoms with Crippen molar-refractivity contribution in [3.8, 4) is 0 Å². The molecule has 124 valence electrons. The Morgan fingerprint density at radius 2 is 1.90 bits per heavy atom. The first kappa shape index (κ1) is 18.2.